The summed E-state index contributed by atoms with van der Waals surface area (Å²) in [6, 6.07) is 0. The van der Waals surface area contributed by atoms with Crippen molar-refractivity contribution in [3.63, 3.8) is 0 Å². The summed E-state index contributed by atoms with van der Waals surface area (Å²) in [5, 5.41) is 9.73. The van der Waals surface area contributed by atoms with Crippen molar-refractivity contribution >= 4 is 7.48 Å². The highest BCUT2D eigenvalue weighted by Gasteiger charge is 2.35. The Morgan fingerprint density at radius 3 is 1.83 bits per heavy atom. The molecule has 0 aliphatic rings. The minimum atomic E-state index is -0.790. The molecule has 3 heteroatoms. The Hall–Kier alpha value is -0.0151. The van der Waals surface area contributed by atoms with Gasteiger partial charge in [-0.25, -0.2) is 0 Å². The van der Waals surface area contributed by atoms with Gasteiger partial charge in [-0.2, -0.15) is 0 Å². The summed E-state index contributed by atoms with van der Waals surface area (Å²) in [7, 11) is 0.691. The maximum Gasteiger partial charge on any atom is 0.278 e. The number of hydrogen-bond acceptors (Lipinski definition) is 2. The van der Waals surface area contributed by atoms with Gasteiger partial charge in [0.15, 0.2) is 0 Å². The molecule has 0 bridgehead atoms. The summed E-state index contributed by atoms with van der Waals surface area (Å²) >= 11 is 0. The summed E-state index contributed by atoms with van der Waals surface area (Å²) in [5.74, 6) is 0.506. The van der Waals surface area contributed by atoms with Gasteiger partial charge in [0.05, 0.1) is 11.2 Å². The molecule has 0 aromatic rings. The van der Waals surface area contributed by atoms with Crippen LogP contribution in [0.3, 0.4) is 0 Å². The zero-order chi connectivity index (χ0) is 9.99. The molecule has 0 atom stereocenters. The molecule has 0 unspecified atom stereocenters. The molecule has 2 nitrogen and oxygen atoms in total. The first-order chi connectivity index (χ1) is 5.17. The Kier molecular flexibility index (Phi) is 3.79. The molecule has 0 aromatic carbocycles. The van der Waals surface area contributed by atoms with Crippen molar-refractivity contribution in [2.45, 2.75) is 58.6 Å². The second kappa shape index (κ2) is 3.80. The van der Waals surface area contributed by atoms with Crippen LogP contribution < -0.4 is 0 Å². The molecule has 0 amide bonds. The zero-order valence-electron chi connectivity index (χ0n) is 9.14. The molecule has 72 valence electrons. The van der Waals surface area contributed by atoms with Crippen molar-refractivity contribution in [3.8, 4) is 0 Å². The Morgan fingerprint density at radius 1 is 1.17 bits per heavy atom. The largest absolute Gasteiger partial charge is 0.432 e. The second-order valence-corrected chi connectivity index (χ2v) is 4.77. The van der Waals surface area contributed by atoms with Gasteiger partial charge in [0.25, 0.3) is 7.48 Å². The van der Waals surface area contributed by atoms with Gasteiger partial charge in [0.1, 0.15) is 0 Å². The molecular weight excluding hydrogens is 151 g/mol. The van der Waals surface area contributed by atoms with Crippen molar-refractivity contribution in [1.29, 1.82) is 0 Å². The highest BCUT2D eigenvalue weighted by atomic mass is 16.5. The average Bonchev–Trinajstić information content (AvgIpc) is 1.81. The summed E-state index contributed by atoms with van der Waals surface area (Å²) in [4.78, 5) is 0. The van der Waals surface area contributed by atoms with Crippen LogP contribution in [0.4, 0.5) is 0 Å². The number of hydrogen-bond donors (Lipinski definition) is 1. The molecule has 12 heavy (non-hydrogen) atoms. The Bertz CT molecular complexity index is 136. The zero-order valence-corrected chi connectivity index (χ0v) is 9.14. The van der Waals surface area contributed by atoms with Crippen LogP contribution in [-0.4, -0.2) is 23.8 Å². The topological polar surface area (TPSA) is 29.5 Å². The maximum atomic E-state index is 9.73. The van der Waals surface area contributed by atoms with E-state index in [0.717, 1.165) is 0 Å². The molecular formula is C9H21BO2. The van der Waals surface area contributed by atoms with Crippen LogP contribution in [0.5, 0.6) is 0 Å². The fourth-order valence-electron chi connectivity index (χ4n) is 0.552. The molecule has 0 saturated heterocycles. The lowest BCUT2D eigenvalue weighted by Crippen LogP contribution is -2.48. The van der Waals surface area contributed by atoms with Gasteiger partial charge in [-0.1, -0.05) is 13.8 Å². The normalized spacial score (nSPS) is 13.7. The van der Waals surface area contributed by atoms with Crippen LogP contribution in [0, 0.1) is 0 Å². The minimum absolute atomic E-state index is 0.475. The van der Waals surface area contributed by atoms with Crippen LogP contribution in [0.1, 0.15) is 41.5 Å². The first-order valence-electron chi connectivity index (χ1n) is 4.53. The molecule has 0 aliphatic carbocycles. The predicted molar refractivity (Wildman–Crippen MR) is 53.7 cm³/mol. The van der Waals surface area contributed by atoms with E-state index in [1.165, 1.54) is 0 Å². The smallest absolute Gasteiger partial charge is 0.278 e. The van der Waals surface area contributed by atoms with Gasteiger partial charge in [0, 0.05) is 0 Å². The SMILES string of the molecule is CC(C)BOC(C)(C)C(C)(C)O. The first-order valence-corrected chi connectivity index (χ1v) is 4.53. The lowest BCUT2D eigenvalue weighted by atomic mass is 9.80. The van der Waals surface area contributed by atoms with Gasteiger partial charge in [-0.15, -0.1) is 0 Å². The van der Waals surface area contributed by atoms with Crippen molar-refractivity contribution in [2.24, 2.45) is 0 Å². The summed E-state index contributed by atoms with van der Waals surface area (Å²) in [5.41, 5.74) is -1.26. The molecule has 0 saturated carbocycles. The van der Waals surface area contributed by atoms with Crippen LogP contribution in [-0.2, 0) is 4.65 Å². The van der Waals surface area contributed by atoms with E-state index in [2.05, 4.69) is 13.8 Å². The first kappa shape index (κ1) is 12.0. The van der Waals surface area contributed by atoms with Gasteiger partial charge >= 0.3 is 0 Å². The van der Waals surface area contributed by atoms with E-state index >= 15 is 0 Å². The molecule has 0 aromatic heterocycles. The van der Waals surface area contributed by atoms with Gasteiger partial charge in [-0.05, 0) is 33.5 Å². The fourth-order valence-corrected chi connectivity index (χ4v) is 0.552. The highest BCUT2D eigenvalue weighted by Crippen LogP contribution is 2.25. The van der Waals surface area contributed by atoms with Crippen LogP contribution in [0.25, 0.3) is 0 Å². The van der Waals surface area contributed by atoms with Gasteiger partial charge in [0.2, 0.25) is 0 Å². The minimum Gasteiger partial charge on any atom is -0.432 e. The monoisotopic (exact) mass is 172 g/mol. The Balaban J connectivity index is 4.05. The summed E-state index contributed by atoms with van der Waals surface area (Å²) in [6.07, 6.45) is 0. The van der Waals surface area contributed by atoms with Gasteiger partial charge in [-0.3, -0.25) is 0 Å². The third-order valence-corrected chi connectivity index (χ3v) is 2.25. The lowest BCUT2D eigenvalue weighted by Gasteiger charge is -2.38. The number of rotatable bonds is 4. The van der Waals surface area contributed by atoms with Crippen molar-refractivity contribution in [1.82, 2.24) is 0 Å². The van der Waals surface area contributed by atoms with E-state index in [0.29, 0.717) is 13.3 Å². The highest BCUT2D eigenvalue weighted by molar-refractivity contribution is 6.29. The molecule has 0 aliphatic heterocycles. The molecule has 0 spiro atoms. The third kappa shape index (κ3) is 3.59. The van der Waals surface area contributed by atoms with E-state index in [4.69, 9.17) is 4.65 Å². The van der Waals surface area contributed by atoms with Crippen molar-refractivity contribution in [2.75, 3.05) is 0 Å². The standard InChI is InChI=1S/C9H21BO2/c1-7(2)10-12-9(5,6)8(3,4)11/h7,10-11H,1-6H3. The average molecular weight is 172 g/mol. The van der Waals surface area contributed by atoms with E-state index < -0.39 is 11.2 Å². The molecule has 0 radical (unpaired) electrons. The molecule has 0 fully saturated rings. The molecule has 1 N–H and O–H groups in total. The van der Waals surface area contributed by atoms with E-state index in [-0.39, 0.29) is 0 Å². The summed E-state index contributed by atoms with van der Waals surface area (Å²) < 4.78 is 5.61. The molecule has 0 heterocycles. The van der Waals surface area contributed by atoms with Crippen molar-refractivity contribution in [3.05, 3.63) is 0 Å². The van der Waals surface area contributed by atoms with Crippen LogP contribution in [0.2, 0.25) is 5.82 Å². The predicted octanol–water partition coefficient (Wildman–Crippen LogP) is 1.73. The third-order valence-electron chi connectivity index (χ3n) is 2.25. The van der Waals surface area contributed by atoms with E-state index in [9.17, 15) is 5.11 Å². The van der Waals surface area contributed by atoms with Crippen molar-refractivity contribution < 1.29 is 9.76 Å². The van der Waals surface area contributed by atoms with Crippen LogP contribution in [0.15, 0.2) is 0 Å². The van der Waals surface area contributed by atoms with E-state index in [1.807, 2.05) is 13.8 Å². The van der Waals surface area contributed by atoms with Crippen LogP contribution >= 0.6 is 0 Å². The second-order valence-electron chi connectivity index (χ2n) is 4.77. The summed E-state index contributed by atoms with van der Waals surface area (Å²) in [6.45, 7) is 11.6. The lowest BCUT2D eigenvalue weighted by molar-refractivity contribution is -0.0908. The Labute approximate surface area is 76.6 Å². The van der Waals surface area contributed by atoms with E-state index in [1.54, 1.807) is 13.8 Å². The molecule has 0 rings (SSSR count). The number of aliphatic hydroxyl groups is 1. The quantitative estimate of drug-likeness (QED) is 0.654. The Morgan fingerprint density at radius 2 is 1.58 bits per heavy atom. The van der Waals surface area contributed by atoms with Gasteiger partial charge < -0.3 is 9.76 Å². The maximum absolute atomic E-state index is 9.73. The fraction of sp³-hybridized carbons (Fsp3) is 1.00.